The lowest BCUT2D eigenvalue weighted by Gasteiger charge is -2.35. The van der Waals surface area contributed by atoms with Gasteiger partial charge in [-0.2, -0.15) is 0 Å². The molecule has 0 bridgehead atoms. The van der Waals surface area contributed by atoms with Crippen molar-refractivity contribution in [3.05, 3.63) is 83.4 Å². The molecular weight excluding hydrogens is 396 g/mol. The summed E-state index contributed by atoms with van der Waals surface area (Å²) >= 11 is 5.97. The molecule has 5 heteroatoms. The summed E-state index contributed by atoms with van der Waals surface area (Å²) in [7, 11) is 0. The largest absolute Gasteiger partial charge is 0.461 e. The minimum atomic E-state index is -0.303. The summed E-state index contributed by atoms with van der Waals surface area (Å²) in [4.78, 5) is 16.8. The van der Waals surface area contributed by atoms with E-state index in [4.69, 9.17) is 16.3 Å². The highest BCUT2D eigenvalue weighted by Crippen LogP contribution is 2.20. The Morgan fingerprint density at radius 2 is 1.67 bits per heavy atom. The quantitative estimate of drug-likeness (QED) is 0.420. The first-order valence-electron chi connectivity index (χ1n) is 10.2. The Labute approximate surface area is 182 Å². The number of rotatable bonds is 6. The lowest BCUT2D eigenvalue weighted by Crippen LogP contribution is -2.47. The maximum absolute atomic E-state index is 12.1. The molecule has 0 saturated carbocycles. The lowest BCUT2D eigenvalue weighted by atomic mass is 10.0. The van der Waals surface area contributed by atoms with Gasteiger partial charge in [0.2, 0.25) is 0 Å². The molecule has 0 N–H and O–H groups in total. The van der Waals surface area contributed by atoms with E-state index in [1.165, 1.54) is 11.8 Å². The summed E-state index contributed by atoms with van der Waals surface area (Å²) in [6.45, 7) is 4.97. The van der Waals surface area contributed by atoms with Gasteiger partial charge in [-0.3, -0.25) is 4.90 Å². The molecule has 0 amide bonds. The summed E-state index contributed by atoms with van der Waals surface area (Å²) in [5.41, 5.74) is 2.22. The lowest BCUT2D eigenvalue weighted by molar-refractivity contribution is -0.138. The van der Waals surface area contributed by atoms with Crippen LogP contribution in [0.3, 0.4) is 0 Å². The number of carbonyl (C=O) groups is 1. The zero-order valence-electron chi connectivity index (χ0n) is 16.8. The third-order valence-electron chi connectivity index (χ3n) is 5.44. The van der Waals surface area contributed by atoms with Crippen LogP contribution in [0, 0.1) is 0 Å². The molecule has 0 atom stereocenters. The number of hydrogen-bond acceptors (Lipinski definition) is 4. The first kappa shape index (κ1) is 20.5. The maximum Gasteiger partial charge on any atom is 0.330 e. The van der Waals surface area contributed by atoms with Crippen molar-refractivity contribution in [3.63, 3.8) is 0 Å². The fourth-order valence-electron chi connectivity index (χ4n) is 3.76. The number of carbonyl (C=O) groups excluding carboxylic acids is 1. The van der Waals surface area contributed by atoms with E-state index in [0.717, 1.165) is 54.1 Å². The molecule has 0 aromatic heterocycles. The number of nitrogens with zero attached hydrogens (tertiary/aromatic N) is 2. The molecule has 0 radical (unpaired) electrons. The summed E-state index contributed by atoms with van der Waals surface area (Å²) in [6, 6.07) is 22.2. The van der Waals surface area contributed by atoms with Gasteiger partial charge < -0.3 is 9.64 Å². The van der Waals surface area contributed by atoms with Crippen LogP contribution >= 0.6 is 11.6 Å². The molecule has 1 heterocycles. The highest BCUT2D eigenvalue weighted by atomic mass is 35.5. The van der Waals surface area contributed by atoms with Gasteiger partial charge in [-0.25, -0.2) is 4.79 Å². The maximum atomic E-state index is 12.1. The normalized spacial score (nSPS) is 15.0. The molecule has 4 nitrogen and oxygen atoms in total. The molecule has 1 saturated heterocycles. The van der Waals surface area contributed by atoms with E-state index in [0.29, 0.717) is 6.61 Å². The molecule has 1 fully saturated rings. The van der Waals surface area contributed by atoms with E-state index in [1.807, 2.05) is 42.5 Å². The highest BCUT2D eigenvalue weighted by Gasteiger charge is 2.17. The third-order valence-corrected chi connectivity index (χ3v) is 5.69. The van der Waals surface area contributed by atoms with E-state index in [2.05, 4.69) is 40.1 Å². The zero-order valence-corrected chi connectivity index (χ0v) is 17.6. The Bertz CT molecular complexity index is 1020. The van der Waals surface area contributed by atoms with Crippen LogP contribution in [0.2, 0.25) is 5.02 Å². The molecule has 154 valence electrons. The minimum Gasteiger partial charge on any atom is -0.461 e. The summed E-state index contributed by atoms with van der Waals surface area (Å²) in [6.07, 6.45) is 3.34. The molecule has 30 heavy (non-hydrogen) atoms. The van der Waals surface area contributed by atoms with E-state index < -0.39 is 0 Å². The Balaban J connectivity index is 1.21. The standard InChI is InChI=1S/C25H25ClN2O2/c26-22-9-11-23(12-10-22)28-16-14-27(15-17-28)18-19-30-25(29)13-8-21-6-3-5-20-4-1-2-7-24(20)21/h1-13H,14-19H2/b13-8-. The average molecular weight is 421 g/mol. The number of hydrogen-bond donors (Lipinski definition) is 0. The molecule has 3 aromatic rings. The van der Waals surface area contributed by atoms with Crippen molar-refractivity contribution in [2.24, 2.45) is 0 Å². The van der Waals surface area contributed by atoms with Gasteiger partial charge in [0.25, 0.3) is 0 Å². The predicted octanol–water partition coefficient (Wildman–Crippen LogP) is 4.87. The van der Waals surface area contributed by atoms with Gasteiger partial charge >= 0.3 is 5.97 Å². The molecule has 1 aliphatic rings. The van der Waals surface area contributed by atoms with Crippen LogP contribution < -0.4 is 4.90 Å². The van der Waals surface area contributed by atoms with Gasteiger partial charge in [-0.1, -0.05) is 54.1 Å². The first-order valence-corrected chi connectivity index (χ1v) is 10.6. The van der Waals surface area contributed by atoms with Crippen molar-refractivity contribution in [2.45, 2.75) is 0 Å². The number of ether oxygens (including phenoxy) is 1. The Morgan fingerprint density at radius 1 is 0.933 bits per heavy atom. The smallest absolute Gasteiger partial charge is 0.330 e. The first-order chi connectivity index (χ1) is 14.7. The molecule has 3 aromatic carbocycles. The van der Waals surface area contributed by atoms with Crippen LogP contribution in [0.15, 0.2) is 72.8 Å². The van der Waals surface area contributed by atoms with Crippen LogP contribution in [0.5, 0.6) is 0 Å². The molecule has 0 unspecified atom stereocenters. The van der Waals surface area contributed by atoms with Crippen LogP contribution in [-0.4, -0.2) is 50.2 Å². The van der Waals surface area contributed by atoms with Crippen molar-refractivity contribution < 1.29 is 9.53 Å². The number of halogens is 1. The van der Waals surface area contributed by atoms with Crippen molar-refractivity contribution >= 4 is 40.1 Å². The van der Waals surface area contributed by atoms with Gasteiger partial charge in [-0.05, 0) is 46.7 Å². The van der Waals surface area contributed by atoms with E-state index in [-0.39, 0.29) is 5.97 Å². The van der Waals surface area contributed by atoms with Gasteiger partial charge in [0.05, 0.1) is 0 Å². The number of anilines is 1. The fourth-order valence-corrected chi connectivity index (χ4v) is 3.88. The topological polar surface area (TPSA) is 32.8 Å². The zero-order chi connectivity index (χ0) is 20.8. The monoisotopic (exact) mass is 420 g/mol. The molecule has 4 rings (SSSR count). The second-order valence-electron chi connectivity index (χ2n) is 7.37. The molecule has 1 aliphatic heterocycles. The van der Waals surface area contributed by atoms with Gasteiger partial charge in [0.15, 0.2) is 0 Å². The van der Waals surface area contributed by atoms with Gasteiger partial charge in [-0.15, -0.1) is 0 Å². The highest BCUT2D eigenvalue weighted by molar-refractivity contribution is 6.30. The number of piperazine rings is 1. The van der Waals surface area contributed by atoms with Crippen molar-refractivity contribution in [3.8, 4) is 0 Å². The average Bonchev–Trinajstić information content (AvgIpc) is 2.79. The van der Waals surface area contributed by atoms with Gasteiger partial charge in [0, 0.05) is 49.5 Å². The van der Waals surface area contributed by atoms with Crippen molar-refractivity contribution in [2.75, 3.05) is 44.2 Å². The van der Waals surface area contributed by atoms with Crippen LogP contribution in [0.25, 0.3) is 16.8 Å². The van der Waals surface area contributed by atoms with E-state index in [1.54, 1.807) is 0 Å². The van der Waals surface area contributed by atoms with Crippen molar-refractivity contribution in [1.82, 2.24) is 4.90 Å². The summed E-state index contributed by atoms with van der Waals surface area (Å²) < 4.78 is 5.41. The Hall–Kier alpha value is -2.82. The second kappa shape index (κ2) is 9.79. The van der Waals surface area contributed by atoms with Crippen LogP contribution in [0.1, 0.15) is 5.56 Å². The van der Waals surface area contributed by atoms with E-state index >= 15 is 0 Å². The molecular formula is C25H25ClN2O2. The number of esters is 1. The summed E-state index contributed by atoms with van der Waals surface area (Å²) in [5.74, 6) is -0.303. The molecule has 0 spiro atoms. The third kappa shape index (κ3) is 5.21. The van der Waals surface area contributed by atoms with Crippen molar-refractivity contribution in [1.29, 1.82) is 0 Å². The SMILES string of the molecule is O=C(/C=C\c1cccc2ccccc12)OCCN1CCN(c2ccc(Cl)cc2)CC1. The Morgan fingerprint density at radius 3 is 2.47 bits per heavy atom. The van der Waals surface area contributed by atoms with Gasteiger partial charge in [0.1, 0.15) is 6.61 Å². The Kier molecular flexibility index (Phi) is 6.67. The van der Waals surface area contributed by atoms with Crippen LogP contribution in [-0.2, 0) is 9.53 Å². The molecule has 0 aliphatic carbocycles. The minimum absolute atomic E-state index is 0.303. The second-order valence-corrected chi connectivity index (χ2v) is 7.81. The predicted molar refractivity (Wildman–Crippen MR) is 124 cm³/mol. The number of benzene rings is 3. The van der Waals surface area contributed by atoms with Crippen LogP contribution in [0.4, 0.5) is 5.69 Å². The summed E-state index contributed by atoms with van der Waals surface area (Å²) in [5, 5.41) is 3.04. The van der Waals surface area contributed by atoms with E-state index in [9.17, 15) is 4.79 Å². The fraction of sp³-hybridized carbons (Fsp3) is 0.240. The number of fused-ring (bicyclic) bond motifs is 1.